The van der Waals surface area contributed by atoms with Gasteiger partial charge in [0, 0.05) is 19.2 Å². The van der Waals surface area contributed by atoms with Crippen LogP contribution in [0.1, 0.15) is 25.0 Å². The van der Waals surface area contributed by atoms with E-state index in [0.717, 1.165) is 5.56 Å². The van der Waals surface area contributed by atoms with Gasteiger partial charge in [0.1, 0.15) is 0 Å². The Labute approximate surface area is 175 Å². The zero-order valence-electron chi connectivity index (χ0n) is 17.5. The van der Waals surface area contributed by atoms with Crippen LogP contribution in [0.15, 0.2) is 42.5 Å². The summed E-state index contributed by atoms with van der Waals surface area (Å²) in [5.74, 6) is 0.0681. The van der Waals surface area contributed by atoms with E-state index in [1.807, 2.05) is 6.07 Å². The highest BCUT2D eigenvalue weighted by atomic mass is 16.5. The van der Waals surface area contributed by atoms with Crippen molar-refractivity contribution in [2.45, 2.75) is 32.9 Å². The fourth-order valence-electron chi connectivity index (χ4n) is 2.69. The van der Waals surface area contributed by atoms with Gasteiger partial charge in [0.05, 0.1) is 20.6 Å². The molecular weight excluding hydrogens is 388 g/mol. The number of carbonyl (C=O) groups excluding carboxylic acids is 3. The number of hydrogen-bond acceptors (Lipinski definition) is 6. The summed E-state index contributed by atoms with van der Waals surface area (Å²) in [5.41, 5.74) is 2.17. The number of carbonyl (C=O) groups is 3. The Kier molecular flexibility index (Phi) is 8.22. The van der Waals surface area contributed by atoms with Gasteiger partial charge in [-0.3, -0.25) is 14.4 Å². The van der Waals surface area contributed by atoms with Crippen LogP contribution in [0.3, 0.4) is 0 Å². The molecule has 0 aliphatic carbocycles. The summed E-state index contributed by atoms with van der Waals surface area (Å²) < 4.78 is 15.6. The molecule has 0 aliphatic rings. The third-order valence-electron chi connectivity index (χ3n) is 4.21. The first-order valence-corrected chi connectivity index (χ1v) is 9.37. The van der Waals surface area contributed by atoms with Gasteiger partial charge in [-0.1, -0.05) is 18.2 Å². The van der Waals surface area contributed by atoms with Gasteiger partial charge in [0.2, 0.25) is 5.91 Å². The van der Waals surface area contributed by atoms with Crippen LogP contribution in [0.5, 0.6) is 11.5 Å². The van der Waals surface area contributed by atoms with Crippen molar-refractivity contribution in [2.75, 3.05) is 19.5 Å². The Balaban J connectivity index is 1.83. The number of ether oxygens (including phenoxy) is 3. The lowest BCUT2D eigenvalue weighted by molar-refractivity contribution is -0.154. The van der Waals surface area contributed by atoms with Crippen LogP contribution < -0.4 is 20.1 Å². The monoisotopic (exact) mass is 414 g/mol. The molecule has 0 saturated carbocycles. The van der Waals surface area contributed by atoms with Crippen molar-refractivity contribution < 1.29 is 28.6 Å². The van der Waals surface area contributed by atoms with Crippen molar-refractivity contribution in [3.8, 4) is 11.5 Å². The average molecular weight is 414 g/mol. The van der Waals surface area contributed by atoms with Crippen molar-refractivity contribution in [2.24, 2.45) is 0 Å². The molecule has 0 bridgehead atoms. The minimum atomic E-state index is -0.934. The fraction of sp³-hybridized carbons (Fsp3) is 0.318. The second kappa shape index (κ2) is 10.8. The molecule has 0 heterocycles. The summed E-state index contributed by atoms with van der Waals surface area (Å²) in [6.45, 7) is 3.19. The summed E-state index contributed by atoms with van der Waals surface area (Å²) in [4.78, 5) is 35.4. The van der Waals surface area contributed by atoms with Crippen LogP contribution >= 0.6 is 0 Å². The van der Waals surface area contributed by atoms with Gasteiger partial charge in [-0.05, 0) is 42.3 Å². The topological polar surface area (TPSA) is 103 Å². The lowest BCUT2D eigenvalue weighted by atomic mass is 10.1. The molecule has 0 radical (unpaired) electrons. The van der Waals surface area contributed by atoms with E-state index in [2.05, 4.69) is 10.6 Å². The maximum absolute atomic E-state index is 12.2. The van der Waals surface area contributed by atoms with E-state index in [4.69, 9.17) is 14.2 Å². The second-order valence-electron chi connectivity index (χ2n) is 6.59. The Morgan fingerprint density at radius 2 is 1.57 bits per heavy atom. The molecule has 2 aromatic carbocycles. The summed E-state index contributed by atoms with van der Waals surface area (Å²) >= 11 is 0. The zero-order chi connectivity index (χ0) is 22.1. The van der Waals surface area contributed by atoms with Crippen molar-refractivity contribution in [3.05, 3.63) is 53.6 Å². The SMILES string of the molecule is COc1ccc(CNC(=O)[C@@H](C)OC(=O)Cc2ccc(NC(C)=O)cc2)cc1OC. The molecule has 0 aromatic heterocycles. The molecule has 2 aromatic rings. The number of methoxy groups -OCH3 is 2. The predicted octanol–water partition coefficient (Wildman–Crippen LogP) is 2.45. The van der Waals surface area contributed by atoms with Crippen LogP contribution in [0.2, 0.25) is 0 Å². The fourth-order valence-corrected chi connectivity index (χ4v) is 2.69. The number of hydrogen-bond donors (Lipinski definition) is 2. The van der Waals surface area contributed by atoms with E-state index in [0.29, 0.717) is 22.7 Å². The highest BCUT2D eigenvalue weighted by Gasteiger charge is 2.18. The molecule has 1 atom stereocenters. The third kappa shape index (κ3) is 6.80. The molecule has 8 nitrogen and oxygen atoms in total. The van der Waals surface area contributed by atoms with E-state index in [-0.39, 0.29) is 18.9 Å². The van der Waals surface area contributed by atoms with Gasteiger partial charge in [0.25, 0.3) is 5.91 Å². The standard InChI is InChI=1S/C22H26N2O6/c1-14(22(27)23-13-17-7-10-19(28-3)20(11-17)29-4)30-21(26)12-16-5-8-18(9-6-16)24-15(2)25/h5-11,14H,12-13H2,1-4H3,(H,23,27)(H,24,25)/t14-/m1/s1. The van der Waals surface area contributed by atoms with Gasteiger partial charge in [-0.2, -0.15) is 0 Å². The van der Waals surface area contributed by atoms with E-state index in [9.17, 15) is 14.4 Å². The molecule has 0 fully saturated rings. The third-order valence-corrected chi connectivity index (χ3v) is 4.21. The molecular formula is C22H26N2O6. The van der Waals surface area contributed by atoms with Crippen molar-refractivity contribution in [1.29, 1.82) is 0 Å². The number of nitrogens with one attached hydrogen (secondary N) is 2. The Hall–Kier alpha value is -3.55. The average Bonchev–Trinajstić information content (AvgIpc) is 2.72. The Morgan fingerprint density at radius 3 is 2.17 bits per heavy atom. The van der Waals surface area contributed by atoms with Crippen LogP contribution in [0.25, 0.3) is 0 Å². The lowest BCUT2D eigenvalue weighted by Crippen LogP contribution is -2.35. The normalized spacial score (nSPS) is 11.2. The quantitative estimate of drug-likeness (QED) is 0.611. The molecule has 2 amide bonds. The highest BCUT2D eigenvalue weighted by molar-refractivity contribution is 5.88. The smallest absolute Gasteiger partial charge is 0.311 e. The van der Waals surface area contributed by atoms with E-state index in [1.54, 1.807) is 43.5 Å². The summed E-state index contributed by atoms with van der Waals surface area (Å²) in [6, 6.07) is 12.2. The number of rotatable bonds is 9. The number of amides is 2. The molecule has 0 spiro atoms. The first kappa shape index (κ1) is 22.7. The molecule has 0 saturated heterocycles. The molecule has 2 N–H and O–H groups in total. The van der Waals surface area contributed by atoms with Gasteiger partial charge >= 0.3 is 5.97 Å². The minimum Gasteiger partial charge on any atom is -0.493 e. The highest BCUT2D eigenvalue weighted by Crippen LogP contribution is 2.27. The maximum atomic E-state index is 12.2. The maximum Gasteiger partial charge on any atom is 0.311 e. The summed E-state index contributed by atoms with van der Waals surface area (Å²) in [7, 11) is 3.09. The Morgan fingerprint density at radius 1 is 0.933 bits per heavy atom. The van der Waals surface area contributed by atoms with Crippen LogP contribution in [-0.4, -0.2) is 38.1 Å². The first-order valence-electron chi connectivity index (χ1n) is 9.37. The molecule has 0 unspecified atom stereocenters. The van der Waals surface area contributed by atoms with Crippen molar-refractivity contribution >= 4 is 23.5 Å². The molecule has 30 heavy (non-hydrogen) atoms. The molecule has 8 heteroatoms. The van der Waals surface area contributed by atoms with Crippen molar-refractivity contribution in [1.82, 2.24) is 5.32 Å². The number of esters is 1. The number of anilines is 1. The predicted molar refractivity (Wildman–Crippen MR) is 111 cm³/mol. The molecule has 2 rings (SSSR count). The van der Waals surface area contributed by atoms with Gasteiger partial charge in [-0.15, -0.1) is 0 Å². The largest absolute Gasteiger partial charge is 0.493 e. The van der Waals surface area contributed by atoms with Crippen LogP contribution in [0.4, 0.5) is 5.69 Å². The Bertz CT molecular complexity index is 895. The lowest BCUT2D eigenvalue weighted by Gasteiger charge is -2.14. The van der Waals surface area contributed by atoms with Crippen molar-refractivity contribution in [3.63, 3.8) is 0 Å². The van der Waals surface area contributed by atoms with Gasteiger partial charge in [-0.25, -0.2) is 0 Å². The molecule has 160 valence electrons. The van der Waals surface area contributed by atoms with Gasteiger partial charge in [0.15, 0.2) is 17.6 Å². The molecule has 0 aliphatic heterocycles. The first-order chi connectivity index (χ1) is 14.3. The van der Waals surface area contributed by atoms with Gasteiger partial charge < -0.3 is 24.8 Å². The summed E-state index contributed by atoms with van der Waals surface area (Å²) in [6.07, 6.45) is -0.913. The zero-order valence-corrected chi connectivity index (χ0v) is 17.5. The minimum absolute atomic E-state index is 0.0215. The summed E-state index contributed by atoms with van der Waals surface area (Å²) in [5, 5.41) is 5.38. The van der Waals surface area contributed by atoms with E-state index in [1.165, 1.54) is 21.0 Å². The van der Waals surface area contributed by atoms with Crippen LogP contribution in [-0.2, 0) is 32.1 Å². The van der Waals surface area contributed by atoms with E-state index < -0.39 is 18.0 Å². The van der Waals surface area contributed by atoms with E-state index >= 15 is 0 Å². The number of benzene rings is 2. The van der Waals surface area contributed by atoms with Crippen LogP contribution in [0, 0.1) is 0 Å². The second-order valence-corrected chi connectivity index (χ2v) is 6.59.